The summed E-state index contributed by atoms with van der Waals surface area (Å²) in [6, 6.07) is 4.75. The largest absolute Gasteiger partial charge is 0.357 e. The Labute approximate surface area is 175 Å². The van der Waals surface area contributed by atoms with Gasteiger partial charge in [0.05, 0.1) is 6.54 Å². The lowest BCUT2D eigenvalue weighted by atomic mass is 10.1. The second kappa shape index (κ2) is 14.8. The number of thiophene rings is 1. The van der Waals surface area contributed by atoms with Gasteiger partial charge in [-0.15, -0.1) is 35.3 Å². The molecule has 0 saturated heterocycles. The van der Waals surface area contributed by atoms with E-state index in [4.69, 9.17) is 4.99 Å². The van der Waals surface area contributed by atoms with Gasteiger partial charge in [0.2, 0.25) is 0 Å². The fraction of sp³-hybridized carbons (Fsp3) is 0.737. The Kier molecular flexibility index (Phi) is 14.6. The summed E-state index contributed by atoms with van der Waals surface area (Å²) in [7, 11) is 0. The van der Waals surface area contributed by atoms with Crippen LogP contribution < -0.4 is 10.6 Å². The van der Waals surface area contributed by atoms with E-state index in [0.29, 0.717) is 12.0 Å². The molecule has 2 atom stereocenters. The van der Waals surface area contributed by atoms with Crippen molar-refractivity contribution in [2.24, 2.45) is 4.99 Å². The van der Waals surface area contributed by atoms with E-state index < -0.39 is 0 Å². The molecule has 0 spiro atoms. The maximum Gasteiger partial charge on any atom is 0.191 e. The Bertz CT molecular complexity index is 446. The van der Waals surface area contributed by atoms with Gasteiger partial charge in [0.25, 0.3) is 0 Å². The highest BCUT2D eigenvalue weighted by Gasteiger charge is 2.09. The van der Waals surface area contributed by atoms with E-state index in [1.165, 1.54) is 24.3 Å². The summed E-state index contributed by atoms with van der Waals surface area (Å²) in [5.41, 5.74) is 0. The van der Waals surface area contributed by atoms with Crippen LogP contribution in [0.1, 0.15) is 58.3 Å². The molecule has 1 aromatic rings. The number of aliphatic imine (C=N–C) groups is 1. The number of nitrogens with zero attached hydrogens (tertiary/aromatic N) is 2. The molecule has 25 heavy (non-hydrogen) atoms. The van der Waals surface area contributed by atoms with Gasteiger partial charge in [-0.2, -0.15) is 0 Å². The third-order valence-electron chi connectivity index (χ3n) is 4.29. The van der Waals surface area contributed by atoms with E-state index in [1.807, 2.05) is 11.3 Å². The molecule has 2 N–H and O–H groups in total. The highest BCUT2D eigenvalue weighted by atomic mass is 127. The minimum Gasteiger partial charge on any atom is -0.357 e. The predicted octanol–water partition coefficient (Wildman–Crippen LogP) is 4.54. The molecule has 6 heteroatoms. The van der Waals surface area contributed by atoms with E-state index >= 15 is 0 Å². The molecule has 1 aromatic heterocycles. The van der Waals surface area contributed by atoms with Crippen LogP contribution in [-0.2, 0) is 0 Å². The van der Waals surface area contributed by atoms with Crippen LogP contribution in [0.3, 0.4) is 0 Å². The summed E-state index contributed by atoms with van der Waals surface area (Å²) in [5.74, 6) is 1.41. The van der Waals surface area contributed by atoms with Gasteiger partial charge in [-0.3, -0.25) is 4.99 Å². The number of hydrogen-bond donors (Lipinski definition) is 2. The summed E-state index contributed by atoms with van der Waals surface area (Å²) in [6.45, 7) is 16.3. The Morgan fingerprint density at radius 3 is 2.52 bits per heavy atom. The Balaban J connectivity index is 0.00000576. The molecule has 0 bridgehead atoms. The molecular formula is C19H37IN4S. The molecule has 0 aliphatic rings. The van der Waals surface area contributed by atoms with Gasteiger partial charge in [0.15, 0.2) is 5.96 Å². The lowest BCUT2D eigenvalue weighted by Crippen LogP contribution is -2.42. The maximum absolute atomic E-state index is 4.78. The normalized spacial score (nSPS) is 14.1. The van der Waals surface area contributed by atoms with Crippen molar-refractivity contribution in [3.8, 4) is 0 Å². The van der Waals surface area contributed by atoms with Crippen molar-refractivity contribution in [2.75, 3.05) is 32.7 Å². The first-order chi connectivity index (χ1) is 11.6. The summed E-state index contributed by atoms with van der Waals surface area (Å²) in [4.78, 5) is 8.66. The second-order valence-electron chi connectivity index (χ2n) is 6.35. The standard InChI is InChI=1S/C19H36N4S.HI/c1-6-20-19(21-15-16(4)18-12-10-14-24-18)22-17(5)11-9-13-23(7-2)8-3;/h10,12,14,16-17H,6-9,11,13,15H2,1-5H3,(H2,20,21,22);1H. The molecule has 4 nitrogen and oxygen atoms in total. The minimum atomic E-state index is 0. The molecule has 0 aliphatic carbocycles. The first-order valence-corrected chi connectivity index (χ1v) is 10.3. The summed E-state index contributed by atoms with van der Waals surface area (Å²) < 4.78 is 0. The quantitative estimate of drug-likeness (QED) is 0.278. The van der Waals surface area contributed by atoms with Crippen molar-refractivity contribution >= 4 is 41.3 Å². The van der Waals surface area contributed by atoms with Crippen LogP contribution in [-0.4, -0.2) is 49.6 Å². The van der Waals surface area contributed by atoms with E-state index in [-0.39, 0.29) is 24.0 Å². The van der Waals surface area contributed by atoms with Crippen LogP contribution in [0, 0.1) is 0 Å². The number of nitrogens with one attached hydrogen (secondary N) is 2. The molecule has 0 saturated carbocycles. The summed E-state index contributed by atoms with van der Waals surface area (Å²) in [6.07, 6.45) is 2.39. The predicted molar refractivity (Wildman–Crippen MR) is 124 cm³/mol. The lowest BCUT2D eigenvalue weighted by molar-refractivity contribution is 0.292. The average Bonchev–Trinajstić information content (AvgIpc) is 3.11. The zero-order valence-electron chi connectivity index (χ0n) is 16.5. The van der Waals surface area contributed by atoms with Crippen LogP contribution >= 0.6 is 35.3 Å². The van der Waals surface area contributed by atoms with Gasteiger partial charge in [0, 0.05) is 23.4 Å². The number of halogens is 1. The van der Waals surface area contributed by atoms with E-state index in [0.717, 1.165) is 32.1 Å². The van der Waals surface area contributed by atoms with Gasteiger partial charge in [0.1, 0.15) is 0 Å². The molecule has 0 radical (unpaired) electrons. The fourth-order valence-electron chi connectivity index (χ4n) is 2.68. The SMILES string of the molecule is CCNC(=NCC(C)c1cccs1)NC(C)CCCN(CC)CC.I. The smallest absolute Gasteiger partial charge is 0.191 e. The molecule has 0 fully saturated rings. The lowest BCUT2D eigenvalue weighted by Gasteiger charge is -2.21. The number of hydrogen-bond acceptors (Lipinski definition) is 3. The first-order valence-electron chi connectivity index (χ1n) is 9.41. The topological polar surface area (TPSA) is 39.7 Å². The number of rotatable bonds is 11. The van der Waals surface area contributed by atoms with Crippen LogP contribution in [0.25, 0.3) is 0 Å². The van der Waals surface area contributed by atoms with Crippen molar-refractivity contribution in [1.82, 2.24) is 15.5 Å². The molecule has 0 amide bonds. The summed E-state index contributed by atoms with van der Waals surface area (Å²) in [5, 5.41) is 9.06. The van der Waals surface area contributed by atoms with Crippen LogP contribution in [0.4, 0.5) is 0 Å². The number of guanidine groups is 1. The highest BCUT2D eigenvalue weighted by Crippen LogP contribution is 2.20. The van der Waals surface area contributed by atoms with Crippen molar-refractivity contribution < 1.29 is 0 Å². The molecule has 146 valence electrons. The molecule has 0 aliphatic heterocycles. The van der Waals surface area contributed by atoms with Gasteiger partial charge in [-0.1, -0.05) is 26.8 Å². The zero-order valence-corrected chi connectivity index (χ0v) is 19.7. The average molecular weight is 481 g/mol. The van der Waals surface area contributed by atoms with Gasteiger partial charge >= 0.3 is 0 Å². The maximum atomic E-state index is 4.78. The molecule has 2 unspecified atom stereocenters. The van der Waals surface area contributed by atoms with E-state index in [1.54, 1.807) is 0 Å². The Morgan fingerprint density at radius 1 is 1.24 bits per heavy atom. The van der Waals surface area contributed by atoms with Gasteiger partial charge in [-0.05, 0) is 57.8 Å². The van der Waals surface area contributed by atoms with E-state index in [9.17, 15) is 0 Å². The Hall–Kier alpha value is -0.340. The second-order valence-corrected chi connectivity index (χ2v) is 7.33. The third kappa shape index (κ3) is 10.4. The van der Waals surface area contributed by atoms with Crippen LogP contribution in [0.5, 0.6) is 0 Å². The van der Waals surface area contributed by atoms with Gasteiger partial charge in [-0.25, -0.2) is 0 Å². The highest BCUT2D eigenvalue weighted by molar-refractivity contribution is 14.0. The Morgan fingerprint density at radius 2 is 1.96 bits per heavy atom. The third-order valence-corrected chi connectivity index (χ3v) is 5.39. The monoisotopic (exact) mass is 480 g/mol. The van der Waals surface area contributed by atoms with Gasteiger partial charge < -0.3 is 15.5 Å². The molecule has 1 heterocycles. The van der Waals surface area contributed by atoms with Crippen molar-refractivity contribution in [3.63, 3.8) is 0 Å². The minimum absolute atomic E-state index is 0. The van der Waals surface area contributed by atoms with Crippen molar-refractivity contribution in [3.05, 3.63) is 22.4 Å². The molecule has 1 rings (SSSR count). The van der Waals surface area contributed by atoms with Crippen LogP contribution in [0.2, 0.25) is 0 Å². The van der Waals surface area contributed by atoms with Crippen molar-refractivity contribution in [1.29, 1.82) is 0 Å². The fourth-order valence-corrected chi connectivity index (χ4v) is 3.45. The zero-order chi connectivity index (χ0) is 17.8. The molecule has 0 aromatic carbocycles. The summed E-state index contributed by atoms with van der Waals surface area (Å²) >= 11 is 1.81. The van der Waals surface area contributed by atoms with Crippen molar-refractivity contribution in [2.45, 2.75) is 59.4 Å². The molecular weight excluding hydrogens is 443 g/mol. The van der Waals surface area contributed by atoms with Crippen LogP contribution in [0.15, 0.2) is 22.5 Å². The first kappa shape index (κ1) is 24.7. The van der Waals surface area contributed by atoms with E-state index in [2.05, 4.69) is 67.7 Å².